The molecule has 5 heteroatoms. The van der Waals surface area contributed by atoms with Crippen LogP contribution in [0.3, 0.4) is 0 Å². The summed E-state index contributed by atoms with van der Waals surface area (Å²) in [5.41, 5.74) is 1.73. The molecule has 1 atom stereocenters. The molecule has 1 saturated carbocycles. The standard InChI is InChI=1S/C14H12Br2O2S/c15-12-7-11(14(16)19-12)13(17)8-2-1-3-10(6-8)18-9-4-5-9/h1-3,6-7,9,13,17H,4-5H2. The molecule has 100 valence electrons. The first-order valence-corrected chi connectivity index (χ1v) is 8.43. The molecule has 2 aromatic rings. The van der Waals surface area contributed by atoms with Crippen molar-refractivity contribution in [3.63, 3.8) is 0 Å². The smallest absolute Gasteiger partial charge is 0.120 e. The van der Waals surface area contributed by atoms with Gasteiger partial charge in [0.25, 0.3) is 0 Å². The van der Waals surface area contributed by atoms with Gasteiger partial charge in [0.1, 0.15) is 11.9 Å². The van der Waals surface area contributed by atoms with Gasteiger partial charge < -0.3 is 9.84 Å². The first-order chi connectivity index (χ1) is 9.13. The van der Waals surface area contributed by atoms with E-state index in [1.807, 2.05) is 30.3 Å². The van der Waals surface area contributed by atoms with Gasteiger partial charge in [-0.3, -0.25) is 0 Å². The van der Waals surface area contributed by atoms with Crippen LogP contribution in [0.25, 0.3) is 0 Å². The van der Waals surface area contributed by atoms with E-state index in [0.29, 0.717) is 6.10 Å². The average Bonchev–Trinajstić information content (AvgIpc) is 3.13. The third-order valence-corrected chi connectivity index (χ3v) is 5.36. The summed E-state index contributed by atoms with van der Waals surface area (Å²) in [6, 6.07) is 9.63. The first-order valence-electron chi connectivity index (χ1n) is 6.03. The van der Waals surface area contributed by atoms with Crippen LogP contribution >= 0.6 is 43.2 Å². The third-order valence-electron chi connectivity index (χ3n) is 2.98. The lowest BCUT2D eigenvalue weighted by atomic mass is 10.0. The summed E-state index contributed by atoms with van der Waals surface area (Å²) in [5, 5.41) is 10.5. The summed E-state index contributed by atoms with van der Waals surface area (Å²) in [5.74, 6) is 0.837. The van der Waals surface area contributed by atoms with Crippen LogP contribution in [0.15, 0.2) is 37.9 Å². The number of rotatable bonds is 4. The molecule has 1 unspecified atom stereocenters. The van der Waals surface area contributed by atoms with Crippen molar-refractivity contribution < 1.29 is 9.84 Å². The molecule has 1 aromatic carbocycles. The Hall–Kier alpha value is -0.360. The second kappa shape index (κ2) is 5.56. The van der Waals surface area contributed by atoms with Crippen molar-refractivity contribution in [3.8, 4) is 5.75 Å². The van der Waals surface area contributed by atoms with Crippen LogP contribution in [-0.2, 0) is 0 Å². The topological polar surface area (TPSA) is 29.5 Å². The number of halogens is 2. The lowest BCUT2D eigenvalue weighted by Gasteiger charge is -2.12. The van der Waals surface area contributed by atoms with Crippen molar-refractivity contribution in [2.75, 3.05) is 0 Å². The molecule has 1 fully saturated rings. The van der Waals surface area contributed by atoms with Crippen molar-refractivity contribution in [1.82, 2.24) is 0 Å². The van der Waals surface area contributed by atoms with Crippen molar-refractivity contribution in [1.29, 1.82) is 0 Å². The van der Waals surface area contributed by atoms with Gasteiger partial charge in [0, 0.05) is 5.56 Å². The van der Waals surface area contributed by atoms with Crippen LogP contribution in [0.4, 0.5) is 0 Å². The molecule has 0 saturated heterocycles. The first kappa shape index (κ1) is 13.6. The highest BCUT2D eigenvalue weighted by atomic mass is 79.9. The molecule has 0 radical (unpaired) electrons. The van der Waals surface area contributed by atoms with E-state index in [0.717, 1.165) is 37.3 Å². The predicted molar refractivity (Wildman–Crippen MR) is 83.9 cm³/mol. The fourth-order valence-electron chi connectivity index (χ4n) is 1.86. The van der Waals surface area contributed by atoms with Gasteiger partial charge in [-0.15, -0.1) is 11.3 Å². The normalized spacial score (nSPS) is 16.4. The number of aliphatic hydroxyl groups is 1. The summed E-state index contributed by atoms with van der Waals surface area (Å²) in [7, 11) is 0. The minimum absolute atomic E-state index is 0.370. The Bertz CT molecular complexity index is 593. The van der Waals surface area contributed by atoms with E-state index in [-0.39, 0.29) is 0 Å². The summed E-state index contributed by atoms with van der Waals surface area (Å²) in [6.45, 7) is 0. The number of hydrogen-bond donors (Lipinski definition) is 1. The highest BCUT2D eigenvalue weighted by Crippen LogP contribution is 2.38. The Morgan fingerprint density at radius 1 is 1.26 bits per heavy atom. The van der Waals surface area contributed by atoms with E-state index in [1.54, 1.807) is 11.3 Å². The zero-order chi connectivity index (χ0) is 13.4. The Morgan fingerprint density at radius 3 is 2.68 bits per heavy atom. The number of benzene rings is 1. The van der Waals surface area contributed by atoms with Gasteiger partial charge >= 0.3 is 0 Å². The second-order valence-electron chi connectivity index (χ2n) is 4.57. The maximum absolute atomic E-state index is 10.5. The largest absolute Gasteiger partial charge is 0.490 e. The van der Waals surface area contributed by atoms with E-state index in [1.165, 1.54) is 0 Å². The number of thiophene rings is 1. The highest BCUT2D eigenvalue weighted by Gasteiger charge is 2.24. The molecule has 3 rings (SSSR count). The molecule has 0 bridgehead atoms. The van der Waals surface area contributed by atoms with Gasteiger partial charge in [0.05, 0.1) is 13.7 Å². The zero-order valence-electron chi connectivity index (χ0n) is 9.98. The maximum atomic E-state index is 10.5. The molecular formula is C14H12Br2O2S. The fourth-order valence-corrected chi connectivity index (χ4v) is 4.74. The maximum Gasteiger partial charge on any atom is 0.120 e. The summed E-state index contributed by atoms with van der Waals surface area (Å²) in [6.07, 6.45) is 2.00. The molecular weight excluding hydrogens is 392 g/mol. The second-order valence-corrected chi connectivity index (χ2v) is 8.32. The minimum atomic E-state index is -0.639. The number of hydrogen-bond acceptors (Lipinski definition) is 3. The van der Waals surface area contributed by atoms with Crippen LogP contribution in [-0.4, -0.2) is 11.2 Å². The minimum Gasteiger partial charge on any atom is -0.490 e. The Labute approximate surface area is 132 Å². The lowest BCUT2D eigenvalue weighted by molar-refractivity contribution is 0.219. The van der Waals surface area contributed by atoms with Crippen LogP contribution in [0, 0.1) is 0 Å². The van der Waals surface area contributed by atoms with Crippen LogP contribution in [0.2, 0.25) is 0 Å². The number of ether oxygens (including phenoxy) is 1. The van der Waals surface area contributed by atoms with Gasteiger partial charge in [-0.25, -0.2) is 0 Å². The summed E-state index contributed by atoms with van der Waals surface area (Å²) < 4.78 is 7.70. The van der Waals surface area contributed by atoms with Crippen LogP contribution < -0.4 is 4.74 Å². The molecule has 1 aliphatic carbocycles. The van der Waals surface area contributed by atoms with E-state index in [9.17, 15) is 5.11 Å². The monoisotopic (exact) mass is 402 g/mol. The zero-order valence-corrected chi connectivity index (χ0v) is 14.0. The summed E-state index contributed by atoms with van der Waals surface area (Å²) >= 11 is 8.47. The molecule has 1 N–H and O–H groups in total. The quantitative estimate of drug-likeness (QED) is 0.786. The van der Waals surface area contributed by atoms with E-state index in [2.05, 4.69) is 31.9 Å². The van der Waals surface area contributed by atoms with E-state index < -0.39 is 6.10 Å². The molecule has 0 aliphatic heterocycles. The van der Waals surface area contributed by atoms with Gasteiger partial charge in [-0.05, 0) is 68.5 Å². The molecule has 0 amide bonds. The van der Waals surface area contributed by atoms with Crippen molar-refractivity contribution in [2.24, 2.45) is 0 Å². The van der Waals surface area contributed by atoms with E-state index in [4.69, 9.17) is 4.74 Å². The molecule has 1 aromatic heterocycles. The van der Waals surface area contributed by atoms with Gasteiger partial charge in [-0.2, -0.15) is 0 Å². The van der Waals surface area contributed by atoms with E-state index >= 15 is 0 Å². The Kier molecular flexibility index (Phi) is 3.98. The molecule has 2 nitrogen and oxygen atoms in total. The van der Waals surface area contributed by atoms with Gasteiger partial charge in [0.2, 0.25) is 0 Å². The molecule has 0 spiro atoms. The Balaban J connectivity index is 1.85. The third kappa shape index (κ3) is 3.21. The van der Waals surface area contributed by atoms with Crippen molar-refractivity contribution >= 4 is 43.2 Å². The number of aliphatic hydroxyl groups excluding tert-OH is 1. The molecule has 1 aliphatic rings. The van der Waals surface area contributed by atoms with Gasteiger partial charge in [0.15, 0.2) is 0 Å². The molecule has 1 heterocycles. The fraction of sp³-hybridized carbons (Fsp3) is 0.286. The van der Waals surface area contributed by atoms with Gasteiger partial charge in [-0.1, -0.05) is 12.1 Å². The predicted octanol–water partition coefficient (Wildman–Crippen LogP) is 4.90. The summed E-state index contributed by atoms with van der Waals surface area (Å²) in [4.78, 5) is 0. The van der Waals surface area contributed by atoms with Crippen LogP contribution in [0.5, 0.6) is 5.75 Å². The molecule has 19 heavy (non-hydrogen) atoms. The van der Waals surface area contributed by atoms with Crippen molar-refractivity contribution in [2.45, 2.75) is 25.0 Å². The Morgan fingerprint density at radius 2 is 2.05 bits per heavy atom. The highest BCUT2D eigenvalue weighted by molar-refractivity contribution is 9.12. The van der Waals surface area contributed by atoms with Crippen LogP contribution in [0.1, 0.15) is 30.1 Å². The SMILES string of the molecule is OC(c1cccc(OC2CC2)c1)c1cc(Br)sc1Br. The van der Waals surface area contributed by atoms with Crippen molar-refractivity contribution in [3.05, 3.63) is 49.0 Å². The average molecular weight is 404 g/mol. The lowest BCUT2D eigenvalue weighted by Crippen LogP contribution is -2.01.